The predicted octanol–water partition coefficient (Wildman–Crippen LogP) is 2.36. The summed E-state index contributed by atoms with van der Waals surface area (Å²) in [5.74, 6) is 1.42. The average Bonchev–Trinajstić information content (AvgIpc) is 3.21. The van der Waals surface area contributed by atoms with Gasteiger partial charge in [0.15, 0.2) is 5.17 Å². The fraction of sp³-hybridized carbons (Fsp3) is 0.316. The molecule has 2 aromatic rings. The van der Waals surface area contributed by atoms with Gasteiger partial charge in [-0.15, -0.1) is 0 Å². The maximum absolute atomic E-state index is 12.0. The number of amides is 1. The van der Waals surface area contributed by atoms with Crippen molar-refractivity contribution in [1.29, 1.82) is 0 Å². The number of nitrogens with one attached hydrogen (secondary N) is 2. The molecule has 3 rings (SSSR count). The quantitative estimate of drug-likeness (QED) is 0.711. The van der Waals surface area contributed by atoms with Crippen LogP contribution in [-0.2, 0) is 11.3 Å². The van der Waals surface area contributed by atoms with Crippen LogP contribution in [0.1, 0.15) is 27.7 Å². The van der Waals surface area contributed by atoms with E-state index in [9.17, 15) is 4.79 Å². The molecule has 2 N–H and O–H groups in total. The van der Waals surface area contributed by atoms with E-state index in [4.69, 9.17) is 4.74 Å². The standard InChI is InChI=1S/C19H22N4O3S/c1-25-17-6-4-3-5-14(17)15(22-19-21-9-10-27-19)11-13-7-8-20-16(12-13)18(24)23-26-2/h3-8,12,15H,9-11H2,1-2H3,(H,21,22)(H,23,24). The van der Waals surface area contributed by atoms with Crippen LogP contribution in [-0.4, -0.2) is 42.6 Å². The van der Waals surface area contributed by atoms with E-state index < -0.39 is 0 Å². The molecule has 1 amide bonds. The molecule has 0 bridgehead atoms. The third kappa shape index (κ3) is 4.99. The van der Waals surface area contributed by atoms with E-state index in [1.54, 1.807) is 31.1 Å². The summed E-state index contributed by atoms with van der Waals surface area (Å²) in [5, 5.41) is 4.44. The highest BCUT2D eigenvalue weighted by atomic mass is 32.2. The number of hydrogen-bond acceptors (Lipinski definition) is 7. The Morgan fingerprint density at radius 1 is 1.30 bits per heavy atom. The first kappa shape index (κ1) is 19.2. The van der Waals surface area contributed by atoms with Crippen molar-refractivity contribution in [2.45, 2.75) is 12.5 Å². The molecule has 7 nitrogen and oxygen atoms in total. The van der Waals surface area contributed by atoms with Gasteiger partial charge in [-0.05, 0) is 30.2 Å². The number of pyridine rings is 1. The summed E-state index contributed by atoms with van der Waals surface area (Å²) >= 11 is 1.71. The Morgan fingerprint density at radius 3 is 2.89 bits per heavy atom. The minimum atomic E-state index is -0.378. The fourth-order valence-electron chi connectivity index (χ4n) is 2.87. The van der Waals surface area contributed by atoms with E-state index in [1.165, 1.54) is 7.11 Å². The Kier molecular flexibility index (Phi) is 6.67. The molecule has 0 aliphatic carbocycles. The van der Waals surface area contributed by atoms with Crippen LogP contribution in [0.15, 0.2) is 47.6 Å². The highest BCUT2D eigenvalue weighted by Gasteiger charge is 2.20. The summed E-state index contributed by atoms with van der Waals surface area (Å²) < 4.78 is 5.54. The number of hydrogen-bond donors (Lipinski definition) is 2. The first-order valence-electron chi connectivity index (χ1n) is 8.56. The van der Waals surface area contributed by atoms with Crippen LogP contribution < -0.4 is 15.5 Å². The lowest BCUT2D eigenvalue weighted by Gasteiger charge is -2.22. The van der Waals surface area contributed by atoms with Crippen LogP contribution >= 0.6 is 11.8 Å². The van der Waals surface area contributed by atoms with Gasteiger partial charge in [0.1, 0.15) is 11.4 Å². The van der Waals surface area contributed by atoms with Crippen LogP contribution in [0.4, 0.5) is 0 Å². The smallest absolute Gasteiger partial charge is 0.293 e. The van der Waals surface area contributed by atoms with Crippen LogP contribution in [0.5, 0.6) is 5.75 Å². The number of hydroxylamine groups is 1. The minimum absolute atomic E-state index is 0.0498. The zero-order chi connectivity index (χ0) is 19.1. The summed E-state index contributed by atoms with van der Waals surface area (Å²) in [5.41, 5.74) is 4.61. The molecule has 0 radical (unpaired) electrons. The molecule has 1 aromatic carbocycles. The van der Waals surface area contributed by atoms with Crippen molar-refractivity contribution in [3.63, 3.8) is 0 Å². The fourth-order valence-corrected chi connectivity index (χ4v) is 3.65. The zero-order valence-corrected chi connectivity index (χ0v) is 16.1. The molecule has 27 heavy (non-hydrogen) atoms. The zero-order valence-electron chi connectivity index (χ0n) is 15.3. The molecule has 1 unspecified atom stereocenters. The van der Waals surface area contributed by atoms with Crippen molar-refractivity contribution in [3.05, 3.63) is 59.4 Å². The van der Waals surface area contributed by atoms with Gasteiger partial charge in [0.2, 0.25) is 0 Å². The first-order valence-corrected chi connectivity index (χ1v) is 9.54. The van der Waals surface area contributed by atoms with E-state index >= 15 is 0 Å². The van der Waals surface area contributed by atoms with Gasteiger partial charge < -0.3 is 10.1 Å². The van der Waals surface area contributed by atoms with Gasteiger partial charge in [-0.1, -0.05) is 30.0 Å². The number of nitrogens with zero attached hydrogens (tertiary/aromatic N) is 2. The van der Waals surface area contributed by atoms with E-state index in [-0.39, 0.29) is 11.9 Å². The summed E-state index contributed by atoms with van der Waals surface area (Å²) in [6, 6.07) is 11.5. The Labute approximate surface area is 162 Å². The summed E-state index contributed by atoms with van der Waals surface area (Å²) in [6.45, 7) is 0.822. The lowest BCUT2D eigenvalue weighted by molar-refractivity contribution is 0.0532. The van der Waals surface area contributed by atoms with Gasteiger partial charge >= 0.3 is 0 Å². The van der Waals surface area contributed by atoms with Crippen molar-refractivity contribution in [2.75, 3.05) is 26.5 Å². The molecular formula is C19H22N4O3S. The Morgan fingerprint density at radius 2 is 2.15 bits per heavy atom. The summed E-state index contributed by atoms with van der Waals surface area (Å²) in [6.07, 6.45) is 2.27. The van der Waals surface area contributed by atoms with Gasteiger partial charge in [0.25, 0.3) is 5.91 Å². The molecule has 1 aromatic heterocycles. The predicted molar refractivity (Wildman–Crippen MR) is 106 cm³/mol. The number of benzene rings is 1. The van der Waals surface area contributed by atoms with E-state index in [2.05, 4.69) is 25.6 Å². The number of para-hydroxylation sites is 1. The van der Waals surface area contributed by atoms with Crippen molar-refractivity contribution >= 4 is 22.8 Å². The van der Waals surface area contributed by atoms with Crippen LogP contribution in [0, 0.1) is 0 Å². The van der Waals surface area contributed by atoms with Crippen LogP contribution in [0.3, 0.4) is 0 Å². The topological polar surface area (TPSA) is 84.8 Å². The summed E-state index contributed by atoms with van der Waals surface area (Å²) in [7, 11) is 3.06. The Bertz CT molecular complexity index is 828. The summed E-state index contributed by atoms with van der Waals surface area (Å²) in [4.78, 5) is 25.3. The van der Waals surface area contributed by atoms with Crippen molar-refractivity contribution in [2.24, 2.45) is 4.99 Å². The van der Waals surface area contributed by atoms with Gasteiger partial charge in [-0.3, -0.25) is 19.6 Å². The number of ether oxygens (including phenoxy) is 1. The number of aliphatic imine (C=N–C) groups is 1. The number of thioether (sulfide) groups is 1. The SMILES string of the molecule is CONC(=O)c1cc(CC(NC2=NCCS2)c2ccccc2OC)ccn1. The monoisotopic (exact) mass is 386 g/mol. The third-order valence-corrected chi connectivity index (χ3v) is 5.00. The minimum Gasteiger partial charge on any atom is -0.496 e. The van der Waals surface area contributed by atoms with Crippen LogP contribution in [0.25, 0.3) is 0 Å². The normalized spacial score (nSPS) is 14.4. The van der Waals surface area contributed by atoms with Crippen molar-refractivity contribution < 1.29 is 14.4 Å². The first-order chi connectivity index (χ1) is 13.2. The molecular weight excluding hydrogens is 364 g/mol. The molecule has 2 heterocycles. The Balaban J connectivity index is 1.87. The molecule has 142 valence electrons. The van der Waals surface area contributed by atoms with Gasteiger partial charge in [0.05, 0.1) is 26.8 Å². The molecule has 1 atom stereocenters. The van der Waals surface area contributed by atoms with Crippen molar-refractivity contribution in [3.8, 4) is 5.75 Å². The lowest BCUT2D eigenvalue weighted by Crippen LogP contribution is -2.28. The second-order valence-electron chi connectivity index (χ2n) is 5.86. The van der Waals surface area contributed by atoms with Gasteiger partial charge in [-0.25, -0.2) is 5.48 Å². The highest BCUT2D eigenvalue weighted by molar-refractivity contribution is 8.14. The number of amidine groups is 1. The maximum Gasteiger partial charge on any atom is 0.293 e. The molecule has 1 aliphatic rings. The average molecular weight is 386 g/mol. The number of aromatic nitrogens is 1. The molecule has 0 saturated carbocycles. The van der Waals surface area contributed by atoms with Gasteiger partial charge in [0, 0.05) is 17.5 Å². The van der Waals surface area contributed by atoms with E-state index in [1.807, 2.05) is 30.3 Å². The largest absolute Gasteiger partial charge is 0.496 e. The maximum atomic E-state index is 12.0. The number of carbonyl (C=O) groups is 1. The Hall–Kier alpha value is -2.58. The number of rotatable bonds is 7. The highest BCUT2D eigenvalue weighted by Crippen LogP contribution is 2.29. The molecule has 1 aliphatic heterocycles. The van der Waals surface area contributed by atoms with Crippen LogP contribution in [0.2, 0.25) is 0 Å². The van der Waals surface area contributed by atoms with Crippen molar-refractivity contribution in [1.82, 2.24) is 15.8 Å². The molecule has 0 saturated heterocycles. The molecule has 0 spiro atoms. The third-order valence-electron chi connectivity index (χ3n) is 4.09. The second-order valence-corrected chi connectivity index (χ2v) is 6.95. The molecule has 0 fully saturated rings. The van der Waals surface area contributed by atoms with E-state index in [0.717, 1.165) is 34.3 Å². The van der Waals surface area contributed by atoms with Gasteiger partial charge in [-0.2, -0.15) is 0 Å². The lowest BCUT2D eigenvalue weighted by atomic mass is 9.98. The second kappa shape index (κ2) is 9.38. The number of carbonyl (C=O) groups excluding carboxylic acids is 1. The van der Waals surface area contributed by atoms with E-state index in [0.29, 0.717) is 12.1 Å². The molecule has 8 heteroatoms. The number of methoxy groups -OCH3 is 1.